The molecule has 1 aliphatic heterocycles. The van der Waals surface area contributed by atoms with Crippen molar-refractivity contribution in [2.75, 3.05) is 16.8 Å². The summed E-state index contributed by atoms with van der Waals surface area (Å²) >= 11 is 5.01. The molecule has 2 heterocycles. The van der Waals surface area contributed by atoms with Gasteiger partial charge in [-0.05, 0) is 30.3 Å². The first-order valence-corrected chi connectivity index (χ1v) is 8.10. The van der Waals surface area contributed by atoms with Crippen molar-refractivity contribution in [3.05, 3.63) is 47.2 Å². The molecule has 5 nitrogen and oxygen atoms in total. The fourth-order valence-corrected chi connectivity index (χ4v) is 2.83. The van der Waals surface area contributed by atoms with Crippen molar-refractivity contribution in [1.29, 1.82) is 0 Å². The maximum Gasteiger partial charge on any atom is 0.433 e. The van der Waals surface area contributed by atoms with E-state index in [1.165, 1.54) is 0 Å². The van der Waals surface area contributed by atoms with E-state index in [0.29, 0.717) is 19.6 Å². The minimum absolute atomic E-state index is 0.174. The number of hydrogen-bond donors (Lipinski definition) is 2. The highest BCUT2D eigenvalue weighted by molar-refractivity contribution is 7.80. The van der Waals surface area contributed by atoms with Gasteiger partial charge in [0.1, 0.15) is 5.82 Å². The van der Waals surface area contributed by atoms with Crippen LogP contribution in [0, 0.1) is 0 Å². The number of fused-ring (bicyclic) bond motifs is 1. The largest absolute Gasteiger partial charge is 0.433 e. The van der Waals surface area contributed by atoms with Gasteiger partial charge in [0.2, 0.25) is 5.95 Å². The highest BCUT2D eigenvalue weighted by Gasteiger charge is 2.35. The molecule has 0 atom stereocenters. The Morgan fingerprint density at radius 3 is 2.40 bits per heavy atom. The van der Waals surface area contributed by atoms with E-state index in [1.54, 1.807) is 4.90 Å². The summed E-state index contributed by atoms with van der Waals surface area (Å²) < 4.78 is 39.6. The number of alkyl halides is 3. The lowest BCUT2D eigenvalue weighted by atomic mass is 10.1. The van der Waals surface area contributed by atoms with Crippen LogP contribution in [0.15, 0.2) is 30.3 Å². The Hall–Kier alpha value is -2.42. The first kappa shape index (κ1) is 17.4. The number of thiocarbonyl (C=S) groups is 1. The molecule has 0 aliphatic carbocycles. The van der Waals surface area contributed by atoms with Crippen molar-refractivity contribution in [3.63, 3.8) is 0 Å². The van der Waals surface area contributed by atoms with Crippen LogP contribution < -0.4 is 15.5 Å². The average Bonchev–Trinajstić information content (AvgIpc) is 2.98. The molecule has 0 spiro atoms. The van der Waals surface area contributed by atoms with E-state index < -0.39 is 11.9 Å². The Kier molecular flexibility index (Phi) is 4.76. The lowest BCUT2D eigenvalue weighted by Gasteiger charge is -2.19. The minimum atomic E-state index is -4.57. The third-order valence-electron chi connectivity index (χ3n) is 3.73. The summed E-state index contributed by atoms with van der Waals surface area (Å²) in [5.41, 5.74) is 1.15. The monoisotopic (exact) mass is 367 g/mol. The van der Waals surface area contributed by atoms with E-state index in [0.717, 1.165) is 17.2 Å². The Morgan fingerprint density at radius 2 is 1.84 bits per heavy atom. The van der Waals surface area contributed by atoms with Gasteiger partial charge >= 0.3 is 6.18 Å². The molecule has 0 amide bonds. The molecule has 0 unspecified atom stereocenters. The Bertz CT molecular complexity index is 769. The zero-order chi connectivity index (χ0) is 18.0. The van der Waals surface area contributed by atoms with Crippen LogP contribution in [-0.2, 0) is 19.3 Å². The number of benzene rings is 1. The van der Waals surface area contributed by atoms with Gasteiger partial charge in [-0.25, -0.2) is 4.98 Å². The van der Waals surface area contributed by atoms with Crippen LogP contribution in [0.2, 0.25) is 0 Å². The van der Waals surface area contributed by atoms with Crippen molar-refractivity contribution in [2.45, 2.75) is 26.2 Å². The minimum Gasteiger partial charge on any atom is -0.363 e. The second-order valence-electron chi connectivity index (χ2n) is 5.54. The highest BCUT2D eigenvalue weighted by Crippen LogP contribution is 2.33. The van der Waals surface area contributed by atoms with E-state index in [-0.39, 0.29) is 16.9 Å². The molecular weight excluding hydrogens is 351 g/mol. The highest BCUT2D eigenvalue weighted by atomic mass is 32.1. The summed E-state index contributed by atoms with van der Waals surface area (Å²) in [7, 11) is 0. The standard InChI is InChI=1S/C16H16F3N5S/c1-2-20-15(25)23-14-21-12(16(17,18)19)7-13(22-14)24-8-10-5-3-4-6-11(10)9-24/h3-7H,2,8-9H2,1H3,(H2,20,21,22,23,25). The Labute approximate surface area is 148 Å². The molecule has 1 aromatic carbocycles. The predicted octanol–water partition coefficient (Wildman–Crippen LogP) is 3.32. The third-order valence-corrected chi connectivity index (χ3v) is 3.98. The quantitative estimate of drug-likeness (QED) is 0.812. The number of hydrogen-bond acceptors (Lipinski definition) is 4. The zero-order valence-corrected chi connectivity index (χ0v) is 14.2. The van der Waals surface area contributed by atoms with Crippen LogP contribution >= 0.6 is 12.2 Å². The van der Waals surface area contributed by atoms with Gasteiger partial charge in [0.15, 0.2) is 10.8 Å². The van der Waals surface area contributed by atoms with E-state index in [4.69, 9.17) is 12.2 Å². The Balaban J connectivity index is 1.92. The van der Waals surface area contributed by atoms with Crippen molar-refractivity contribution < 1.29 is 13.2 Å². The summed E-state index contributed by atoms with van der Waals surface area (Å²) in [4.78, 5) is 9.54. The normalized spacial score (nSPS) is 13.5. The fourth-order valence-electron chi connectivity index (χ4n) is 2.60. The van der Waals surface area contributed by atoms with Gasteiger partial charge < -0.3 is 15.5 Å². The van der Waals surface area contributed by atoms with Crippen LogP contribution in [0.3, 0.4) is 0 Å². The van der Waals surface area contributed by atoms with Crippen LogP contribution in [0.4, 0.5) is 24.9 Å². The molecule has 0 saturated heterocycles. The summed E-state index contributed by atoms with van der Waals surface area (Å²) in [5, 5.41) is 5.59. The smallest absolute Gasteiger partial charge is 0.363 e. The maximum absolute atomic E-state index is 13.2. The number of anilines is 2. The SMILES string of the molecule is CCNC(=S)Nc1nc(N2Cc3ccccc3C2)cc(C(F)(F)F)n1. The topological polar surface area (TPSA) is 53.1 Å². The molecule has 3 rings (SSSR count). The molecule has 9 heteroatoms. The molecule has 0 radical (unpaired) electrons. The third kappa shape index (κ3) is 3.98. The fraction of sp³-hybridized carbons (Fsp3) is 0.312. The van der Waals surface area contributed by atoms with Crippen molar-refractivity contribution in [1.82, 2.24) is 15.3 Å². The molecule has 0 fully saturated rings. The summed E-state index contributed by atoms with van der Waals surface area (Å²) in [6.07, 6.45) is -4.57. The molecule has 132 valence electrons. The van der Waals surface area contributed by atoms with Gasteiger partial charge in [-0.2, -0.15) is 18.2 Å². The lowest BCUT2D eigenvalue weighted by Crippen LogP contribution is -2.29. The van der Waals surface area contributed by atoms with Gasteiger partial charge in [-0.15, -0.1) is 0 Å². The molecule has 0 bridgehead atoms. The average molecular weight is 367 g/mol. The number of halogens is 3. The molecule has 1 aliphatic rings. The number of rotatable bonds is 3. The van der Waals surface area contributed by atoms with Crippen molar-refractivity contribution in [3.8, 4) is 0 Å². The molecule has 2 aromatic rings. The summed E-state index contributed by atoms with van der Waals surface area (Å²) in [5.74, 6) is 0.0343. The molecule has 25 heavy (non-hydrogen) atoms. The van der Waals surface area contributed by atoms with Gasteiger partial charge in [0.05, 0.1) is 0 Å². The molecular formula is C16H16F3N5S. The van der Waals surface area contributed by atoms with Crippen molar-refractivity contribution in [2.24, 2.45) is 0 Å². The maximum atomic E-state index is 13.2. The van der Waals surface area contributed by atoms with Gasteiger partial charge in [0, 0.05) is 25.7 Å². The second-order valence-corrected chi connectivity index (χ2v) is 5.95. The van der Waals surface area contributed by atoms with E-state index in [9.17, 15) is 13.2 Å². The van der Waals surface area contributed by atoms with Crippen LogP contribution in [0.25, 0.3) is 0 Å². The van der Waals surface area contributed by atoms with E-state index >= 15 is 0 Å². The molecule has 2 N–H and O–H groups in total. The Morgan fingerprint density at radius 1 is 1.20 bits per heavy atom. The van der Waals surface area contributed by atoms with E-state index in [1.807, 2.05) is 31.2 Å². The predicted molar refractivity (Wildman–Crippen MR) is 93.3 cm³/mol. The molecule has 1 aromatic heterocycles. The zero-order valence-electron chi connectivity index (χ0n) is 13.4. The van der Waals surface area contributed by atoms with Crippen LogP contribution in [0.5, 0.6) is 0 Å². The van der Waals surface area contributed by atoms with E-state index in [2.05, 4.69) is 20.6 Å². The second kappa shape index (κ2) is 6.83. The number of aromatic nitrogens is 2. The summed E-state index contributed by atoms with van der Waals surface area (Å²) in [6.45, 7) is 3.37. The molecule has 0 saturated carbocycles. The van der Waals surface area contributed by atoms with Crippen LogP contribution in [0.1, 0.15) is 23.7 Å². The van der Waals surface area contributed by atoms with Crippen LogP contribution in [-0.4, -0.2) is 21.6 Å². The van der Waals surface area contributed by atoms with Gasteiger partial charge in [-0.1, -0.05) is 24.3 Å². The first-order chi connectivity index (χ1) is 11.9. The van der Waals surface area contributed by atoms with Gasteiger partial charge in [-0.3, -0.25) is 0 Å². The number of nitrogens with one attached hydrogen (secondary N) is 2. The summed E-state index contributed by atoms with van der Waals surface area (Å²) in [6, 6.07) is 8.70. The first-order valence-electron chi connectivity index (χ1n) is 7.69. The van der Waals surface area contributed by atoms with Crippen molar-refractivity contribution >= 4 is 29.1 Å². The van der Waals surface area contributed by atoms with Gasteiger partial charge in [0.25, 0.3) is 0 Å². The number of nitrogens with zero attached hydrogens (tertiary/aromatic N) is 3. The lowest BCUT2D eigenvalue weighted by molar-refractivity contribution is -0.141.